The summed E-state index contributed by atoms with van der Waals surface area (Å²) in [6, 6.07) is 3.82. The van der Waals surface area contributed by atoms with E-state index in [1.54, 1.807) is 19.4 Å². The molecule has 9 heteroatoms. The molecule has 3 unspecified atom stereocenters. The number of aliphatic hydroxyl groups is 1. The summed E-state index contributed by atoms with van der Waals surface area (Å²) in [4.78, 5) is 16.6. The molecule has 0 fully saturated rings. The van der Waals surface area contributed by atoms with Gasteiger partial charge in [0.05, 0.1) is 12.6 Å². The highest BCUT2D eigenvalue weighted by Crippen LogP contribution is 2.25. The number of nitrogens with one attached hydrogen (secondary N) is 3. The van der Waals surface area contributed by atoms with Gasteiger partial charge in [-0.05, 0) is 43.7 Å². The minimum atomic E-state index is -1.10. The van der Waals surface area contributed by atoms with Crippen LogP contribution in [0.15, 0.2) is 41.2 Å². The lowest BCUT2D eigenvalue weighted by molar-refractivity contribution is -0.114. The van der Waals surface area contributed by atoms with Crippen LogP contribution in [0.25, 0.3) is 0 Å². The molecule has 0 bridgehead atoms. The lowest BCUT2D eigenvalue weighted by Gasteiger charge is -2.21. The van der Waals surface area contributed by atoms with Crippen molar-refractivity contribution in [1.82, 2.24) is 16.0 Å². The number of nitrogens with zero attached hydrogens (tertiary/aromatic N) is 1. The van der Waals surface area contributed by atoms with Gasteiger partial charge in [-0.2, -0.15) is 0 Å². The van der Waals surface area contributed by atoms with Gasteiger partial charge in [0.25, 0.3) is 5.91 Å². The zero-order valence-electron chi connectivity index (χ0n) is 17.5. The molecule has 1 aromatic rings. The van der Waals surface area contributed by atoms with Gasteiger partial charge in [-0.15, -0.1) is 0 Å². The minimum Gasteiger partial charge on any atom is -0.490 e. The summed E-state index contributed by atoms with van der Waals surface area (Å²) in [5.41, 5.74) is 3.91. The zero-order valence-corrected chi connectivity index (χ0v) is 18.7. The number of carbonyl (C=O) groups excluding carboxylic acids is 1. The molecule has 1 aliphatic rings. The van der Waals surface area contributed by atoms with Crippen LogP contribution in [0.2, 0.25) is 0 Å². The Morgan fingerprint density at radius 3 is 2.70 bits per heavy atom. The Balaban J connectivity index is 2.12. The molecule has 30 heavy (non-hydrogen) atoms. The van der Waals surface area contributed by atoms with Crippen LogP contribution in [-0.2, 0) is 11.3 Å². The van der Waals surface area contributed by atoms with Gasteiger partial charge >= 0.3 is 0 Å². The molecule has 0 saturated carbocycles. The fourth-order valence-electron chi connectivity index (χ4n) is 3.19. The number of halogens is 1. The second-order valence-corrected chi connectivity index (χ2v) is 7.65. The highest BCUT2D eigenvalue weighted by Gasteiger charge is 2.23. The number of carbonyl (C=O) groups is 1. The number of rotatable bonds is 10. The van der Waals surface area contributed by atoms with E-state index in [4.69, 9.17) is 9.84 Å². The predicted molar refractivity (Wildman–Crippen MR) is 120 cm³/mol. The van der Waals surface area contributed by atoms with Crippen molar-refractivity contribution in [3.63, 3.8) is 0 Å². The zero-order chi connectivity index (χ0) is 22.1. The van der Waals surface area contributed by atoms with Gasteiger partial charge in [0.2, 0.25) is 0 Å². The maximum atomic E-state index is 13.1. The molecule has 1 aromatic carbocycles. The van der Waals surface area contributed by atoms with Crippen molar-refractivity contribution in [2.24, 2.45) is 4.99 Å². The van der Waals surface area contributed by atoms with Crippen molar-refractivity contribution in [1.29, 1.82) is 0 Å². The molecule has 0 aromatic heterocycles. The Hall–Kier alpha value is -2.28. The topological polar surface area (TPSA) is 95.0 Å². The molecule has 164 valence electrons. The number of likely N-dealkylation sites (N-methyl/N-ethyl adjacent to an activating group) is 1. The molecular formula is C21H30FN4O3P. The Morgan fingerprint density at radius 2 is 2.10 bits per heavy atom. The molecule has 3 atom stereocenters. The minimum absolute atomic E-state index is 0.00454. The standard InChI is InChI=1S/C21H30FN4O3P/c1-13-8-15(9-14(2)20(13)29-12-18(22)30)10-24-11-16-17(23-3)4-5-25-19(16)21(28)26-6-7-27/h4-5,8-9,11,17-18,23-24,27H,6-7,10,12,30H2,1-3H3,(H,26,28)/b16-11+. The average Bonchev–Trinajstić information content (AvgIpc) is 2.71. The van der Waals surface area contributed by atoms with Crippen LogP contribution in [0.1, 0.15) is 16.7 Å². The van der Waals surface area contributed by atoms with E-state index in [0.29, 0.717) is 23.6 Å². The smallest absolute Gasteiger partial charge is 0.270 e. The van der Waals surface area contributed by atoms with Crippen molar-refractivity contribution < 1.29 is 19.0 Å². The van der Waals surface area contributed by atoms with Crippen molar-refractivity contribution in [2.75, 3.05) is 26.8 Å². The predicted octanol–water partition coefficient (Wildman–Crippen LogP) is 1.49. The van der Waals surface area contributed by atoms with Crippen LogP contribution in [-0.4, -0.2) is 55.5 Å². The van der Waals surface area contributed by atoms with E-state index in [2.05, 4.69) is 30.2 Å². The Bertz CT molecular complexity index is 817. The van der Waals surface area contributed by atoms with Crippen LogP contribution < -0.4 is 20.7 Å². The summed E-state index contributed by atoms with van der Waals surface area (Å²) in [6.07, 6.45) is 5.23. The second kappa shape index (κ2) is 11.8. The van der Waals surface area contributed by atoms with E-state index < -0.39 is 5.91 Å². The van der Waals surface area contributed by atoms with Gasteiger partial charge in [0.1, 0.15) is 24.0 Å². The first-order valence-corrected chi connectivity index (χ1v) is 10.4. The normalized spacial score (nSPS) is 18.1. The fourth-order valence-corrected chi connectivity index (χ4v) is 3.29. The number of amides is 1. The maximum Gasteiger partial charge on any atom is 0.270 e. The van der Waals surface area contributed by atoms with Crippen LogP contribution in [0.3, 0.4) is 0 Å². The van der Waals surface area contributed by atoms with Crippen molar-refractivity contribution in [3.05, 3.63) is 52.9 Å². The largest absolute Gasteiger partial charge is 0.490 e. The third-order valence-electron chi connectivity index (χ3n) is 4.48. The van der Waals surface area contributed by atoms with E-state index in [0.717, 1.165) is 16.7 Å². The summed E-state index contributed by atoms with van der Waals surface area (Å²) in [7, 11) is 3.88. The molecule has 2 rings (SSSR count). The van der Waals surface area contributed by atoms with Gasteiger partial charge in [-0.3, -0.25) is 9.79 Å². The maximum absolute atomic E-state index is 13.1. The summed E-state index contributed by atoms with van der Waals surface area (Å²) in [6.45, 7) is 4.42. The van der Waals surface area contributed by atoms with Gasteiger partial charge in [0, 0.05) is 31.1 Å². The van der Waals surface area contributed by atoms with E-state index in [-0.39, 0.29) is 31.7 Å². The number of benzene rings is 1. The van der Waals surface area contributed by atoms with E-state index in [1.807, 2.05) is 32.1 Å². The van der Waals surface area contributed by atoms with Crippen LogP contribution in [0.5, 0.6) is 5.75 Å². The highest BCUT2D eigenvalue weighted by atomic mass is 31.0. The molecular weight excluding hydrogens is 406 g/mol. The number of aliphatic imine (C=N–C) groups is 1. The van der Waals surface area contributed by atoms with Crippen molar-refractivity contribution in [2.45, 2.75) is 32.3 Å². The Kier molecular flexibility index (Phi) is 9.43. The summed E-state index contributed by atoms with van der Waals surface area (Å²) in [5.74, 6) is -0.744. The van der Waals surface area contributed by atoms with Gasteiger partial charge < -0.3 is 25.8 Å². The molecule has 1 aliphatic heterocycles. The molecule has 0 radical (unpaired) electrons. The second-order valence-electron chi connectivity index (χ2n) is 6.93. The first-order chi connectivity index (χ1) is 14.4. The van der Waals surface area contributed by atoms with E-state index in [1.165, 1.54) is 0 Å². The molecule has 4 N–H and O–H groups in total. The third kappa shape index (κ3) is 6.62. The average molecular weight is 436 g/mol. The number of hydrogen-bond acceptors (Lipinski definition) is 6. The first-order valence-electron chi connectivity index (χ1n) is 9.74. The SMILES string of the molecule is CNC1C=CN=C(C(=O)NCCO)/C1=C/NCc1cc(C)c(OCC(F)P)c(C)c1. The molecule has 0 aliphatic carbocycles. The number of hydrogen-bond donors (Lipinski definition) is 4. The number of ether oxygens (including phenoxy) is 1. The fraction of sp³-hybridized carbons (Fsp3) is 0.429. The van der Waals surface area contributed by atoms with Gasteiger partial charge in [-0.1, -0.05) is 21.4 Å². The van der Waals surface area contributed by atoms with E-state index >= 15 is 0 Å². The molecule has 0 saturated heterocycles. The summed E-state index contributed by atoms with van der Waals surface area (Å²) in [5, 5.41) is 18.0. The molecule has 7 nitrogen and oxygen atoms in total. The van der Waals surface area contributed by atoms with Crippen molar-refractivity contribution in [3.8, 4) is 5.75 Å². The molecule has 1 heterocycles. The lowest BCUT2D eigenvalue weighted by atomic mass is 10.00. The van der Waals surface area contributed by atoms with Crippen LogP contribution in [0.4, 0.5) is 4.39 Å². The van der Waals surface area contributed by atoms with Gasteiger partial charge in [-0.25, -0.2) is 4.39 Å². The first kappa shape index (κ1) is 24.0. The molecule has 1 amide bonds. The van der Waals surface area contributed by atoms with Crippen molar-refractivity contribution >= 4 is 20.9 Å². The number of aliphatic hydroxyl groups excluding tert-OH is 1. The van der Waals surface area contributed by atoms with Crippen LogP contribution >= 0.6 is 9.24 Å². The summed E-state index contributed by atoms with van der Waals surface area (Å²) >= 11 is 0. The third-order valence-corrected chi connectivity index (χ3v) is 4.68. The van der Waals surface area contributed by atoms with Crippen LogP contribution in [0, 0.1) is 13.8 Å². The quantitative estimate of drug-likeness (QED) is 0.417. The number of alkyl halides is 1. The molecule has 0 spiro atoms. The Morgan fingerprint density at radius 1 is 1.40 bits per heavy atom. The Labute approximate surface area is 179 Å². The lowest BCUT2D eigenvalue weighted by Crippen LogP contribution is -2.41. The monoisotopic (exact) mass is 436 g/mol. The van der Waals surface area contributed by atoms with Gasteiger partial charge in [0.15, 0.2) is 0 Å². The summed E-state index contributed by atoms with van der Waals surface area (Å²) < 4.78 is 18.6. The highest BCUT2D eigenvalue weighted by molar-refractivity contribution is 7.17. The number of aryl methyl sites for hydroxylation is 2. The van der Waals surface area contributed by atoms with E-state index in [9.17, 15) is 9.18 Å².